The molecule has 1 unspecified atom stereocenters. The molecule has 0 aliphatic carbocycles. The maximum atomic E-state index is 12.9. The number of hydrogen-bond donors (Lipinski definition) is 0. The molecule has 0 saturated carbocycles. The number of halogens is 1. The van der Waals surface area contributed by atoms with Crippen LogP contribution < -0.4 is 0 Å². The first kappa shape index (κ1) is 15.2. The molecule has 0 N–H and O–H groups in total. The van der Waals surface area contributed by atoms with Crippen molar-refractivity contribution in [2.24, 2.45) is 0 Å². The normalized spacial score (nSPS) is 13.0. The zero-order valence-corrected chi connectivity index (χ0v) is 12.6. The van der Waals surface area contributed by atoms with E-state index in [0.717, 1.165) is 5.56 Å². The molecule has 2 rings (SSSR count). The zero-order chi connectivity index (χ0) is 15.6. The lowest BCUT2D eigenvalue weighted by atomic mass is 10.2. The Hall–Kier alpha value is -2.17. The molecule has 0 aliphatic heterocycles. The van der Waals surface area contributed by atoms with Gasteiger partial charge in [-0.05, 0) is 52.0 Å². The summed E-state index contributed by atoms with van der Waals surface area (Å²) >= 11 is 0. The second-order valence-corrected chi connectivity index (χ2v) is 5.92. The van der Waals surface area contributed by atoms with Crippen LogP contribution in [-0.2, 0) is 9.53 Å². The van der Waals surface area contributed by atoms with E-state index in [9.17, 15) is 9.18 Å². The minimum Gasteiger partial charge on any atom is -0.458 e. The molecular formula is C16H19FN2O2. The molecular weight excluding hydrogens is 271 g/mol. The summed E-state index contributed by atoms with van der Waals surface area (Å²) in [6, 6.07) is 5.60. The molecule has 0 bridgehead atoms. The van der Waals surface area contributed by atoms with E-state index in [4.69, 9.17) is 4.74 Å². The van der Waals surface area contributed by atoms with Crippen LogP contribution in [0.5, 0.6) is 0 Å². The molecule has 0 amide bonds. The van der Waals surface area contributed by atoms with Gasteiger partial charge < -0.3 is 9.30 Å². The first-order chi connectivity index (χ1) is 9.76. The van der Waals surface area contributed by atoms with Crippen LogP contribution in [0.3, 0.4) is 0 Å². The van der Waals surface area contributed by atoms with Gasteiger partial charge in [0.05, 0.1) is 12.0 Å². The highest BCUT2D eigenvalue weighted by atomic mass is 19.1. The van der Waals surface area contributed by atoms with Gasteiger partial charge >= 0.3 is 5.97 Å². The summed E-state index contributed by atoms with van der Waals surface area (Å²) < 4.78 is 19.9. The van der Waals surface area contributed by atoms with Crippen molar-refractivity contribution in [3.63, 3.8) is 0 Å². The minimum absolute atomic E-state index is 0.291. The number of carbonyl (C=O) groups is 1. The lowest BCUT2D eigenvalue weighted by Gasteiger charge is -2.22. The quantitative estimate of drug-likeness (QED) is 0.811. The number of benzene rings is 1. The predicted octanol–water partition coefficient (Wildman–Crippen LogP) is 3.59. The fourth-order valence-corrected chi connectivity index (χ4v) is 1.83. The van der Waals surface area contributed by atoms with E-state index >= 15 is 0 Å². The molecule has 0 aliphatic rings. The number of rotatable bonds is 3. The molecule has 21 heavy (non-hydrogen) atoms. The van der Waals surface area contributed by atoms with Gasteiger partial charge in [-0.3, -0.25) is 0 Å². The van der Waals surface area contributed by atoms with Crippen molar-refractivity contribution >= 4 is 5.97 Å². The van der Waals surface area contributed by atoms with E-state index in [-0.39, 0.29) is 11.8 Å². The summed E-state index contributed by atoms with van der Waals surface area (Å²) in [5.41, 5.74) is 0.961. The summed E-state index contributed by atoms with van der Waals surface area (Å²) in [5.74, 6) is -0.606. The van der Waals surface area contributed by atoms with Crippen LogP contribution in [0.15, 0.2) is 36.8 Å². The number of carbonyl (C=O) groups excluding carboxylic acids is 1. The fraction of sp³-hybridized carbons (Fsp3) is 0.375. The highest BCUT2D eigenvalue weighted by Gasteiger charge is 2.23. The van der Waals surface area contributed by atoms with Crippen LogP contribution in [0.1, 0.15) is 33.7 Å². The Labute approximate surface area is 123 Å². The Morgan fingerprint density at radius 2 is 1.90 bits per heavy atom. The van der Waals surface area contributed by atoms with Crippen molar-refractivity contribution in [3.8, 4) is 11.3 Å². The molecule has 1 aromatic carbocycles. The summed E-state index contributed by atoms with van der Waals surface area (Å²) in [7, 11) is 0. The first-order valence-corrected chi connectivity index (χ1v) is 6.78. The number of hydrogen-bond acceptors (Lipinski definition) is 3. The van der Waals surface area contributed by atoms with Gasteiger partial charge in [-0.15, -0.1) is 0 Å². The lowest BCUT2D eigenvalue weighted by molar-refractivity contribution is -0.158. The van der Waals surface area contributed by atoms with Gasteiger partial charge in [0.25, 0.3) is 0 Å². The standard InChI is InChI=1S/C16H19FN2O2/c1-11(15(20)21-16(2,3)4)19-9-14(18-10-19)12-5-7-13(17)8-6-12/h5-11H,1-4H3. The van der Waals surface area contributed by atoms with Crippen LogP contribution in [-0.4, -0.2) is 21.1 Å². The Kier molecular flexibility index (Phi) is 4.11. The molecule has 0 radical (unpaired) electrons. The maximum absolute atomic E-state index is 12.9. The average molecular weight is 290 g/mol. The van der Waals surface area contributed by atoms with Crippen molar-refractivity contribution in [3.05, 3.63) is 42.6 Å². The van der Waals surface area contributed by atoms with Gasteiger partial charge in [0.1, 0.15) is 17.5 Å². The molecule has 1 heterocycles. The van der Waals surface area contributed by atoms with E-state index in [2.05, 4.69) is 4.98 Å². The summed E-state index contributed by atoms with van der Waals surface area (Å²) in [6.45, 7) is 7.24. The van der Waals surface area contributed by atoms with Gasteiger partial charge in [0.2, 0.25) is 0 Å². The maximum Gasteiger partial charge on any atom is 0.329 e. The largest absolute Gasteiger partial charge is 0.458 e. The number of aromatic nitrogens is 2. The Bertz CT molecular complexity index is 626. The SMILES string of the molecule is CC(C(=O)OC(C)(C)C)n1cnc(-c2ccc(F)cc2)c1. The van der Waals surface area contributed by atoms with Crippen LogP contribution in [0.25, 0.3) is 11.3 Å². The Morgan fingerprint density at radius 3 is 2.48 bits per heavy atom. The Morgan fingerprint density at radius 1 is 1.29 bits per heavy atom. The second kappa shape index (κ2) is 5.68. The molecule has 2 aromatic rings. The summed E-state index contributed by atoms with van der Waals surface area (Å²) in [6.07, 6.45) is 3.33. The predicted molar refractivity (Wildman–Crippen MR) is 78.2 cm³/mol. The third kappa shape index (κ3) is 3.90. The molecule has 5 heteroatoms. The van der Waals surface area contributed by atoms with Crippen LogP contribution >= 0.6 is 0 Å². The molecule has 4 nitrogen and oxygen atoms in total. The first-order valence-electron chi connectivity index (χ1n) is 6.78. The molecule has 0 fully saturated rings. The molecule has 0 saturated heterocycles. The molecule has 112 valence electrons. The van der Waals surface area contributed by atoms with Crippen molar-refractivity contribution in [1.82, 2.24) is 9.55 Å². The van der Waals surface area contributed by atoms with Crippen molar-refractivity contribution in [2.45, 2.75) is 39.3 Å². The fourth-order valence-electron chi connectivity index (χ4n) is 1.83. The smallest absolute Gasteiger partial charge is 0.329 e. The van der Waals surface area contributed by atoms with E-state index in [0.29, 0.717) is 5.69 Å². The Balaban J connectivity index is 2.16. The minimum atomic E-state index is -0.522. The molecule has 1 aromatic heterocycles. The molecule has 0 spiro atoms. The van der Waals surface area contributed by atoms with E-state index in [1.165, 1.54) is 12.1 Å². The van der Waals surface area contributed by atoms with Gasteiger partial charge in [-0.2, -0.15) is 0 Å². The van der Waals surface area contributed by atoms with Gasteiger partial charge in [0.15, 0.2) is 0 Å². The average Bonchev–Trinajstić information content (AvgIpc) is 2.86. The van der Waals surface area contributed by atoms with Crippen LogP contribution in [0, 0.1) is 5.82 Å². The number of esters is 1. The van der Waals surface area contributed by atoms with Crippen molar-refractivity contribution in [1.29, 1.82) is 0 Å². The third-order valence-electron chi connectivity index (χ3n) is 2.94. The zero-order valence-electron chi connectivity index (χ0n) is 12.6. The van der Waals surface area contributed by atoms with Crippen LogP contribution in [0.2, 0.25) is 0 Å². The number of nitrogens with zero attached hydrogens (tertiary/aromatic N) is 2. The topological polar surface area (TPSA) is 44.1 Å². The summed E-state index contributed by atoms with van der Waals surface area (Å²) in [4.78, 5) is 16.3. The van der Waals surface area contributed by atoms with Crippen molar-refractivity contribution in [2.75, 3.05) is 0 Å². The number of imidazole rings is 1. The van der Waals surface area contributed by atoms with Crippen molar-refractivity contribution < 1.29 is 13.9 Å². The molecule has 1 atom stereocenters. The van der Waals surface area contributed by atoms with Crippen LogP contribution in [0.4, 0.5) is 4.39 Å². The second-order valence-electron chi connectivity index (χ2n) is 5.92. The number of ether oxygens (including phenoxy) is 1. The third-order valence-corrected chi connectivity index (χ3v) is 2.94. The van der Waals surface area contributed by atoms with E-state index in [1.807, 2.05) is 20.8 Å². The van der Waals surface area contributed by atoms with Gasteiger partial charge in [-0.25, -0.2) is 14.2 Å². The van der Waals surface area contributed by atoms with Gasteiger partial charge in [-0.1, -0.05) is 0 Å². The summed E-state index contributed by atoms with van der Waals surface area (Å²) in [5, 5.41) is 0. The van der Waals surface area contributed by atoms with Gasteiger partial charge in [0, 0.05) is 11.8 Å². The monoisotopic (exact) mass is 290 g/mol. The highest BCUT2D eigenvalue weighted by molar-refractivity contribution is 5.74. The van der Waals surface area contributed by atoms with E-state index in [1.54, 1.807) is 36.1 Å². The highest BCUT2D eigenvalue weighted by Crippen LogP contribution is 2.20. The van der Waals surface area contributed by atoms with E-state index < -0.39 is 11.6 Å². The lowest BCUT2D eigenvalue weighted by Crippen LogP contribution is -2.28.